The number of ether oxygens (including phenoxy) is 1. The highest BCUT2D eigenvalue weighted by Gasteiger charge is 2.32. The van der Waals surface area contributed by atoms with Crippen LogP contribution in [0, 0.1) is 0 Å². The zero-order valence-electron chi connectivity index (χ0n) is 13.4. The number of nitrogens with zero attached hydrogens (tertiary/aromatic N) is 2. The summed E-state index contributed by atoms with van der Waals surface area (Å²) in [6.07, 6.45) is 2.31. The van der Waals surface area contributed by atoms with Crippen molar-refractivity contribution in [3.05, 3.63) is 41.6 Å². The third kappa shape index (κ3) is 2.47. The van der Waals surface area contributed by atoms with Gasteiger partial charge < -0.3 is 10.1 Å². The van der Waals surface area contributed by atoms with Crippen molar-refractivity contribution in [2.75, 3.05) is 12.4 Å². The number of hydrogen-bond acceptors (Lipinski definition) is 3. The van der Waals surface area contributed by atoms with Gasteiger partial charge in [0.2, 0.25) is 5.91 Å². The molecule has 0 fully saturated rings. The zero-order chi connectivity index (χ0) is 15.9. The number of anilines is 1. The Bertz CT molecular complexity index is 696. The molecule has 2 heterocycles. The van der Waals surface area contributed by atoms with E-state index in [9.17, 15) is 4.79 Å². The van der Waals surface area contributed by atoms with Crippen LogP contribution in [0.4, 0.5) is 5.82 Å². The molecule has 5 heteroatoms. The van der Waals surface area contributed by atoms with Gasteiger partial charge in [0.15, 0.2) is 0 Å². The Hall–Kier alpha value is -2.30. The van der Waals surface area contributed by atoms with E-state index in [1.165, 1.54) is 0 Å². The molecular weight excluding hydrogens is 278 g/mol. The molecule has 1 amide bonds. The van der Waals surface area contributed by atoms with Crippen molar-refractivity contribution in [2.45, 2.75) is 38.6 Å². The maximum atomic E-state index is 12.1. The van der Waals surface area contributed by atoms with Gasteiger partial charge >= 0.3 is 0 Å². The Kier molecular flexibility index (Phi) is 3.43. The zero-order valence-corrected chi connectivity index (χ0v) is 13.4. The van der Waals surface area contributed by atoms with E-state index in [-0.39, 0.29) is 17.4 Å². The standard InChI is InChI=1S/C17H21N3O2/c1-17(2,3)20-16-14(10-18-20)13(9-15(21)19-16)11-5-7-12(22-4)8-6-11/h5-8,10,13H,9H2,1-4H3,(H,19,21). The highest BCUT2D eigenvalue weighted by molar-refractivity contribution is 5.94. The molecular formula is C17H21N3O2. The van der Waals surface area contributed by atoms with Crippen LogP contribution in [-0.4, -0.2) is 22.8 Å². The summed E-state index contributed by atoms with van der Waals surface area (Å²) in [6, 6.07) is 7.88. The van der Waals surface area contributed by atoms with E-state index in [1.54, 1.807) is 7.11 Å². The highest BCUT2D eigenvalue weighted by Crippen LogP contribution is 2.39. The van der Waals surface area contributed by atoms with E-state index in [1.807, 2.05) is 35.1 Å². The first-order valence-electron chi connectivity index (χ1n) is 7.42. The SMILES string of the molecule is COc1ccc(C2CC(=O)Nc3c2cnn3C(C)(C)C)cc1. The number of hydrogen-bond donors (Lipinski definition) is 1. The minimum atomic E-state index is -0.178. The fourth-order valence-corrected chi connectivity index (χ4v) is 2.86. The quantitative estimate of drug-likeness (QED) is 0.927. The second-order valence-corrected chi connectivity index (χ2v) is 6.61. The van der Waals surface area contributed by atoms with Crippen LogP contribution in [0.25, 0.3) is 0 Å². The van der Waals surface area contributed by atoms with E-state index >= 15 is 0 Å². The lowest BCUT2D eigenvalue weighted by Gasteiger charge is -2.28. The second-order valence-electron chi connectivity index (χ2n) is 6.61. The van der Waals surface area contributed by atoms with Crippen LogP contribution >= 0.6 is 0 Å². The van der Waals surface area contributed by atoms with Crippen molar-refractivity contribution < 1.29 is 9.53 Å². The summed E-state index contributed by atoms with van der Waals surface area (Å²) in [5.41, 5.74) is 1.99. The third-order valence-electron chi connectivity index (χ3n) is 3.97. The van der Waals surface area contributed by atoms with Gasteiger partial charge in [-0.15, -0.1) is 0 Å². The van der Waals surface area contributed by atoms with Gasteiger partial charge in [-0.2, -0.15) is 5.10 Å². The number of benzene rings is 1. The van der Waals surface area contributed by atoms with Crippen molar-refractivity contribution in [3.8, 4) is 5.75 Å². The predicted octanol–water partition coefficient (Wildman–Crippen LogP) is 3.12. The van der Waals surface area contributed by atoms with Crippen molar-refractivity contribution in [1.82, 2.24) is 9.78 Å². The molecule has 22 heavy (non-hydrogen) atoms. The van der Waals surface area contributed by atoms with Gasteiger partial charge in [-0.05, 0) is 38.5 Å². The van der Waals surface area contributed by atoms with Gasteiger partial charge in [-0.3, -0.25) is 4.79 Å². The number of amides is 1. The molecule has 1 N–H and O–H groups in total. The molecule has 0 spiro atoms. The Morgan fingerprint density at radius 3 is 2.55 bits per heavy atom. The van der Waals surface area contributed by atoms with Crippen molar-refractivity contribution >= 4 is 11.7 Å². The number of nitrogens with one attached hydrogen (secondary N) is 1. The van der Waals surface area contributed by atoms with E-state index < -0.39 is 0 Å². The minimum Gasteiger partial charge on any atom is -0.497 e. The number of methoxy groups -OCH3 is 1. The van der Waals surface area contributed by atoms with Crippen molar-refractivity contribution in [3.63, 3.8) is 0 Å². The highest BCUT2D eigenvalue weighted by atomic mass is 16.5. The van der Waals surface area contributed by atoms with Crippen LogP contribution in [0.3, 0.4) is 0 Å². The molecule has 116 valence electrons. The van der Waals surface area contributed by atoms with Gasteiger partial charge in [-0.25, -0.2) is 4.68 Å². The lowest BCUT2D eigenvalue weighted by Crippen LogP contribution is -2.30. The molecule has 3 rings (SSSR count). The molecule has 0 radical (unpaired) electrons. The smallest absolute Gasteiger partial charge is 0.226 e. The first kappa shape index (κ1) is 14.6. The fourth-order valence-electron chi connectivity index (χ4n) is 2.86. The Morgan fingerprint density at radius 2 is 1.95 bits per heavy atom. The van der Waals surface area contributed by atoms with Gasteiger partial charge in [0.1, 0.15) is 11.6 Å². The fraction of sp³-hybridized carbons (Fsp3) is 0.412. The third-order valence-corrected chi connectivity index (χ3v) is 3.97. The number of rotatable bonds is 2. The molecule has 1 aliphatic heterocycles. The van der Waals surface area contributed by atoms with Crippen molar-refractivity contribution in [2.24, 2.45) is 0 Å². The number of carbonyl (C=O) groups excluding carboxylic acids is 1. The van der Waals surface area contributed by atoms with Crippen LogP contribution in [0.15, 0.2) is 30.5 Å². The van der Waals surface area contributed by atoms with E-state index in [0.717, 1.165) is 22.7 Å². The van der Waals surface area contributed by atoms with Gasteiger partial charge in [-0.1, -0.05) is 12.1 Å². The lowest BCUT2D eigenvalue weighted by molar-refractivity contribution is -0.116. The average molecular weight is 299 g/mol. The van der Waals surface area contributed by atoms with Crippen LogP contribution < -0.4 is 10.1 Å². The van der Waals surface area contributed by atoms with E-state index in [0.29, 0.717) is 6.42 Å². The Balaban J connectivity index is 2.04. The van der Waals surface area contributed by atoms with Gasteiger partial charge in [0, 0.05) is 17.9 Å². The molecule has 0 aliphatic carbocycles. The molecule has 1 atom stereocenters. The lowest BCUT2D eigenvalue weighted by atomic mass is 9.87. The second kappa shape index (κ2) is 5.16. The maximum absolute atomic E-state index is 12.1. The number of fused-ring (bicyclic) bond motifs is 1. The molecule has 1 aromatic heterocycles. The summed E-state index contributed by atoms with van der Waals surface area (Å²) in [4.78, 5) is 12.1. The predicted molar refractivity (Wildman–Crippen MR) is 85.3 cm³/mol. The molecule has 0 bridgehead atoms. The largest absolute Gasteiger partial charge is 0.497 e. The molecule has 1 unspecified atom stereocenters. The van der Waals surface area contributed by atoms with Crippen LogP contribution in [0.5, 0.6) is 5.75 Å². The normalized spacial score (nSPS) is 17.8. The average Bonchev–Trinajstić information content (AvgIpc) is 2.90. The first-order chi connectivity index (χ1) is 10.4. The maximum Gasteiger partial charge on any atom is 0.226 e. The molecule has 0 saturated heterocycles. The summed E-state index contributed by atoms with van der Waals surface area (Å²) < 4.78 is 7.09. The summed E-state index contributed by atoms with van der Waals surface area (Å²) in [5.74, 6) is 1.68. The summed E-state index contributed by atoms with van der Waals surface area (Å²) in [6.45, 7) is 6.22. The van der Waals surface area contributed by atoms with E-state index in [4.69, 9.17) is 4.74 Å². The van der Waals surface area contributed by atoms with E-state index in [2.05, 4.69) is 31.2 Å². The molecule has 1 aliphatic rings. The molecule has 1 aromatic carbocycles. The summed E-state index contributed by atoms with van der Waals surface area (Å²) in [5, 5.41) is 7.46. The monoisotopic (exact) mass is 299 g/mol. The Labute approximate surface area is 130 Å². The molecule has 2 aromatic rings. The van der Waals surface area contributed by atoms with Crippen LogP contribution in [0.2, 0.25) is 0 Å². The Morgan fingerprint density at radius 1 is 1.27 bits per heavy atom. The van der Waals surface area contributed by atoms with Gasteiger partial charge in [0.25, 0.3) is 0 Å². The molecule has 0 saturated carbocycles. The first-order valence-corrected chi connectivity index (χ1v) is 7.42. The number of aromatic nitrogens is 2. The summed E-state index contributed by atoms with van der Waals surface area (Å²) in [7, 11) is 1.65. The van der Waals surface area contributed by atoms with Gasteiger partial charge in [0.05, 0.1) is 18.8 Å². The topological polar surface area (TPSA) is 56.1 Å². The summed E-state index contributed by atoms with van der Waals surface area (Å²) >= 11 is 0. The number of carbonyl (C=O) groups is 1. The minimum absolute atomic E-state index is 0.0271. The van der Waals surface area contributed by atoms with Crippen molar-refractivity contribution in [1.29, 1.82) is 0 Å². The van der Waals surface area contributed by atoms with Crippen LogP contribution in [0.1, 0.15) is 44.2 Å². The van der Waals surface area contributed by atoms with Crippen LogP contribution in [-0.2, 0) is 10.3 Å². The molecule has 5 nitrogen and oxygen atoms in total.